The largest absolute Gasteiger partial charge is 0.445 e. The zero-order valence-corrected chi connectivity index (χ0v) is 10.7. The maximum Gasteiger partial charge on any atom is 0.194 e. The van der Waals surface area contributed by atoms with Crippen LogP contribution in [0, 0.1) is 0 Å². The smallest absolute Gasteiger partial charge is 0.194 e. The zero-order valence-electron chi connectivity index (χ0n) is 10.7. The second kappa shape index (κ2) is 6.17. The second-order valence-corrected chi connectivity index (χ2v) is 4.58. The van der Waals surface area contributed by atoms with Crippen molar-refractivity contribution in [1.29, 1.82) is 0 Å². The highest BCUT2D eigenvalue weighted by Crippen LogP contribution is 2.33. The molecule has 1 fully saturated rings. The molecule has 1 aromatic heterocycles. The summed E-state index contributed by atoms with van der Waals surface area (Å²) in [6.45, 7) is 4.01. The minimum absolute atomic E-state index is 0.313. The van der Waals surface area contributed by atoms with Gasteiger partial charge >= 0.3 is 0 Å². The van der Waals surface area contributed by atoms with Crippen molar-refractivity contribution in [3.8, 4) is 0 Å². The summed E-state index contributed by atoms with van der Waals surface area (Å²) in [4.78, 5) is 4.35. The molecule has 1 N–H and O–H groups in total. The van der Waals surface area contributed by atoms with Gasteiger partial charge in [0.25, 0.3) is 0 Å². The van der Waals surface area contributed by atoms with E-state index in [0.29, 0.717) is 12.0 Å². The maximum absolute atomic E-state index is 5.83. The number of ether oxygens (including phenoxy) is 1. The first-order valence-electron chi connectivity index (χ1n) is 6.56. The number of hydrogen-bond donors (Lipinski definition) is 1. The van der Waals surface area contributed by atoms with E-state index in [4.69, 9.17) is 9.15 Å². The first-order valence-corrected chi connectivity index (χ1v) is 6.56. The standard InChI is InChI=1S/C13H22N2O2/c1-3-11-10(6-8-16-11)12-9-15-13(17-12)5-4-7-14-2/h9-11,14H,3-8H2,1-2H3. The van der Waals surface area contributed by atoms with Crippen molar-refractivity contribution in [2.45, 2.75) is 44.6 Å². The van der Waals surface area contributed by atoms with Gasteiger partial charge in [0.1, 0.15) is 5.76 Å². The Balaban J connectivity index is 1.93. The molecule has 0 saturated carbocycles. The first-order chi connectivity index (χ1) is 8.35. The summed E-state index contributed by atoms with van der Waals surface area (Å²) >= 11 is 0. The molecule has 1 saturated heterocycles. The van der Waals surface area contributed by atoms with Gasteiger partial charge in [0, 0.05) is 18.9 Å². The number of aromatic nitrogens is 1. The number of oxazole rings is 1. The summed E-state index contributed by atoms with van der Waals surface area (Å²) in [5, 5.41) is 3.13. The van der Waals surface area contributed by atoms with Crippen molar-refractivity contribution < 1.29 is 9.15 Å². The minimum atomic E-state index is 0.313. The molecule has 4 heteroatoms. The number of rotatable bonds is 6. The lowest BCUT2D eigenvalue weighted by Crippen LogP contribution is -2.12. The Labute approximate surface area is 103 Å². The summed E-state index contributed by atoms with van der Waals surface area (Å²) < 4.78 is 11.5. The molecule has 2 unspecified atom stereocenters. The van der Waals surface area contributed by atoms with E-state index in [1.807, 2.05) is 13.2 Å². The van der Waals surface area contributed by atoms with Crippen LogP contribution in [-0.2, 0) is 11.2 Å². The molecule has 0 aromatic carbocycles. The van der Waals surface area contributed by atoms with Crippen LogP contribution in [-0.4, -0.2) is 31.3 Å². The number of nitrogens with zero attached hydrogens (tertiary/aromatic N) is 1. The molecule has 0 spiro atoms. The van der Waals surface area contributed by atoms with Gasteiger partial charge in [-0.15, -0.1) is 0 Å². The Bertz CT molecular complexity index is 338. The molecule has 0 amide bonds. The van der Waals surface area contributed by atoms with Crippen LogP contribution < -0.4 is 5.32 Å². The lowest BCUT2D eigenvalue weighted by molar-refractivity contribution is 0.0971. The number of hydrogen-bond acceptors (Lipinski definition) is 4. The minimum Gasteiger partial charge on any atom is -0.445 e. The average molecular weight is 238 g/mol. The second-order valence-electron chi connectivity index (χ2n) is 4.58. The van der Waals surface area contributed by atoms with Crippen molar-refractivity contribution >= 4 is 0 Å². The predicted molar refractivity (Wildman–Crippen MR) is 66.1 cm³/mol. The summed E-state index contributed by atoms with van der Waals surface area (Å²) in [7, 11) is 1.96. The van der Waals surface area contributed by atoms with E-state index in [1.165, 1.54) is 0 Å². The van der Waals surface area contributed by atoms with Crippen molar-refractivity contribution in [1.82, 2.24) is 10.3 Å². The Hall–Kier alpha value is -0.870. The normalized spacial score (nSPS) is 24.4. The molecule has 0 bridgehead atoms. The van der Waals surface area contributed by atoms with Gasteiger partial charge in [0.05, 0.1) is 12.3 Å². The van der Waals surface area contributed by atoms with Crippen LogP contribution in [0.2, 0.25) is 0 Å². The maximum atomic E-state index is 5.83. The monoisotopic (exact) mass is 238 g/mol. The van der Waals surface area contributed by atoms with E-state index >= 15 is 0 Å². The molecule has 17 heavy (non-hydrogen) atoms. The van der Waals surface area contributed by atoms with Crippen molar-refractivity contribution in [3.05, 3.63) is 17.8 Å². The predicted octanol–water partition coefficient (Wildman–Crippen LogP) is 2.11. The summed E-state index contributed by atoms with van der Waals surface area (Å²) in [5.41, 5.74) is 0. The molecule has 4 nitrogen and oxygen atoms in total. The molecule has 0 radical (unpaired) electrons. The average Bonchev–Trinajstić information content (AvgIpc) is 2.96. The van der Waals surface area contributed by atoms with Crippen LogP contribution >= 0.6 is 0 Å². The van der Waals surface area contributed by atoms with Crippen LogP contribution in [0.3, 0.4) is 0 Å². The molecule has 2 heterocycles. The molecular weight excluding hydrogens is 216 g/mol. The van der Waals surface area contributed by atoms with E-state index < -0.39 is 0 Å². The van der Waals surface area contributed by atoms with Crippen molar-refractivity contribution in [2.24, 2.45) is 0 Å². The molecular formula is C13H22N2O2. The fraction of sp³-hybridized carbons (Fsp3) is 0.769. The van der Waals surface area contributed by atoms with Gasteiger partial charge in [-0.2, -0.15) is 0 Å². The van der Waals surface area contributed by atoms with Crippen LogP contribution in [0.1, 0.15) is 43.8 Å². The zero-order chi connectivity index (χ0) is 12.1. The lowest BCUT2D eigenvalue weighted by Gasteiger charge is -2.13. The third-order valence-corrected chi connectivity index (χ3v) is 3.37. The third-order valence-electron chi connectivity index (χ3n) is 3.37. The topological polar surface area (TPSA) is 47.3 Å². The molecule has 2 rings (SSSR count). The molecule has 1 aromatic rings. The SMILES string of the molecule is CCC1OCCC1c1cnc(CCCNC)o1. The summed E-state index contributed by atoms with van der Waals surface area (Å²) in [5.74, 6) is 2.27. The van der Waals surface area contributed by atoms with E-state index in [-0.39, 0.29) is 0 Å². The van der Waals surface area contributed by atoms with Gasteiger partial charge in [-0.05, 0) is 32.9 Å². The summed E-state index contributed by atoms with van der Waals surface area (Å²) in [6, 6.07) is 0. The van der Waals surface area contributed by atoms with Gasteiger partial charge in [-0.1, -0.05) is 6.92 Å². The molecule has 1 aliphatic rings. The van der Waals surface area contributed by atoms with E-state index in [0.717, 1.165) is 50.5 Å². The fourth-order valence-electron chi connectivity index (χ4n) is 2.40. The van der Waals surface area contributed by atoms with Crippen molar-refractivity contribution in [3.63, 3.8) is 0 Å². The highest BCUT2D eigenvalue weighted by molar-refractivity contribution is 5.06. The van der Waals surface area contributed by atoms with Gasteiger partial charge in [-0.3, -0.25) is 0 Å². The molecule has 2 atom stereocenters. The molecule has 96 valence electrons. The van der Waals surface area contributed by atoms with Gasteiger partial charge < -0.3 is 14.5 Å². The fourth-order valence-corrected chi connectivity index (χ4v) is 2.40. The molecule has 1 aliphatic heterocycles. The lowest BCUT2D eigenvalue weighted by atomic mass is 9.97. The Morgan fingerprint density at radius 1 is 1.53 bits per heavy atom. The summed E-state index contributed by atoms with van der Waals surface area (Å²) in [6.07, 6.45) is 6.27. The highest BCUT2D eigenvalue weighted by atomic mass is 16.5. The van der Waals surface area contributed by atoms with Crippen molar-refractivity contribution in [2.75, 3.05) is 20.2 Å². The highest BCUT2D eigenvalue weighted by Gasteiger charge is 2.30. The quantitative estimate of drug-likeness (QED) is 0.771. The Kier molecular flexibility index (Phi) is 4.57. The Morgan fingerprint density at radius 2 is 2.41 bits per heavy atom. The van der Waals surface area contributed by atoms with Gasteiger partial charge in [-0.25, -0.2) is 4.98 Å². The van der Waals surface area contributed by atoms with E-state index in [1.54, 1.807) is 0 Å². The van der Waals surface area contributed by atoms with Gasteiger partial charge in [0.2, 0.25) is 0 Å². The first kappa shape index (κ1) is 12.6. The number of aryl methyl sites for hydroxylation is 1. The van der Waals surface area contributed by atoms with E-state index in [2.05, 4.69) is 17.2 Å². The third kappa shape index (κ3) is 3.07. The van der Waals surface area contributed by atoms with Crippen LogP contribution in [0.4, 0.5) is 0 Å². The van der Waals surface area contributed by atoms with E-state index in [9.17, 15) is 0 Å². The molecule has 0 aliphatic carbocycles. The van der Waals surface area contributed by atoms with Crippen LogP contribution in [0.25, 0.3) is 0 Å². The Morgan fingerprint density at radius 3 is 3.18 bits per heavy atom. The van der Waals surface area contributed by atoms with Crippen LogP contribution in [0.15, 0.2) is 10.6 Å². The van der Waals surface area contributed by atoms with Gasteiger partial charge in [0.15, 0.2) is 5.89 Å². The van der Waals surface area contributed by atoms with Crippen LogP contribution in [0.5, 0.6) is 0 Å². The number of nitrogens with one attached hydrogen (secondary N) is 1.